The summed E-state index contributed by atoms with van der Waals surface area (Å²) < 4.78 is 1.76. The summed E-state index contributed by atoms with van der Waals surface area (Å²) in [5, 5.41) is 2.95. The lowest BCUT2D eigenvalue weighted by atomic mass is 10.2. The number of aromatic nitrogens is 1. The van der Waals surface area contributed by atoms with Crippen LogP contribution in [0.3, 0.4) is 0 Å². The zero-order valence-corrected chi connectivity index (χ0v) is 12.5. The van der Waals surface area contributed by atoms with Gasteiger partial charge in [-0.3, -0.25) is 9.59 Å². The van der Waals surface area contributed by atoms with Crippen LogP contribution < -0.4 is 16.6 Å². The molecule has 1 saturated carbocycles. The Kier molecular flexibility index (Phi) is 4.29. The predicted molar refractivity (Wildman–Crippen MR) is 78.0 cm³/mol. The molecule has 2 rings (SSSR count). The number of hydrogen-bond donors (Lipinski definition) is 2. The minimum absolute atomic E-state index is 0.0123. The Balaban J connectivity index is 2.10. The fraction of sp³-hybridized carbons (Fsp3) is 0.538. The average molecular weight is 328 g/mol. The van der Waals surface area contributed by atoms with Crippen LogP contribution in [-0.2, 0) is 11.3 Å². The molecule has 0 radical (unpaired) electrons. The Hall–Kier alpha value is -1.30. The van der Waals surface area contributed by atoms with Crippen molar-refractivity contribution in [1.29, 1.82) is 0 Å². The van der Waals surface area contributed by atoms with Crippen LogP contribution in [0.5, 0.6) is 0 Å². The Morgan fingerprint density at radius 3 is 2.79 bits per heavy atom. The second-order valence-corrected chi connectivity index (χ2v) is 5.80. The van der Waals surface area contributed by atoms with Crippen molar-refractivity contribution in [2.75, 3.05) is 5.73 Å². The van der Waals surface area contributed by atoms with Crippen LogP contribution in [0.15, 0.2) is 15.5 Å². The van der Waals surface area contributed by atoms with Crippen LogP contribution in [0.4, 0.5) is 5.69 Å². The number of rotatable bonds is 3. The SMILES string of the molecule is Cc1c(N)cn(CC(=O)NC2CCCC2)c(=O)c1Br. The number of nitrogens with zero attached hydrogens (tertiary/aromatic N) is 1. The van der Waals surface area contributed by atoms with E-state index in [4.69, 9.17) is 5.73 Å². The van der Waals surface area contributed by atoms with Gasteiger partial charge in [0.05, 0.1) is 10.2 Å². The van der Waals surface area contributed by atoms with Gasteiger partial charge in [0, 0.05) is 12.2 Å². The van der Waals surface area contributed by atoms with Crippen LogP contribution in [0.2, 0.25) is 0 Å². The van der Waals surface area contributed by atoms with Gasteiger partial charge in [-0.2, -0.15) is 0 Å². The second kappa shape index (κ2) is 5.77. The predicted octanol–water partition coefficient (Wildman–Crippen LogP) is 1.56. The van der Waals surface area contributed by atoms with Crippen LogP contribution in [0.25, 0.3) is 0 Å². The van der Waals surface area contributed by atoms with Gasteiger partial charge in [0.1, 0.15) is 6.54 Å². The standard InChI is InChI=1S/C13H18BrN3O2/c1-8-10(15)6-17(13(19)12(8)14)7-11(18)16-9-4-2-3-5-9/h6,9H,2-5,7,15H2,1H3,(H,16,18). The zero-order valence-electron chi connectivity index (χ0n) is 10.9. The highest BCUT2D eigenvalue weighted by Gasteiger charge is 2.18. The first-order valence-electron chi connectivity index (χ1n) is 6.43. The smallest absolute Gasteiger partial charge is 0.265 e. The van der Waals surface area contributed by atoms with E-state index in [-0.39, 0.29) is 24.1 Å². The average Bonchev–Trinajstić information content (AvgIpc) is 2.86. The highest BCUT2D eigenvalue weighted by Crippen LogP contribution is 2.18. The third kappa shape index (κ3) is 3.18. The van der Waals surface area contributed by atoms with Gasteiger partial charge in [-0.05, 0) is 41.3 Å². The van der Waals surface area contributed by atoms with Crippen molar-refractivity contribution in [3.63, 3.8) is 0 Å². The number of halogens is 1. The molecule has 0 unspecified atom stereocenters. The van der Waals surface area contributed by atoms with Crippen LogP contribution in [-0.4, -0.2) is 16.5 Å². The molecule has 1 aromatic rings. The summed E-state index contributed by atoms with van der Waals surface area (Å²) in [6.07, 6.45) is 5.90. The lowest BCUT2D eigenvalue weighted by Gasteiger charge is -2.14. The number of hydrogen-bond acceptors (Lipinski definition) is 3. The third-order valence-electron chi connectivity index (χ3n) is 3.54. The molecular formula is C13H18BrN3O2. The van der Waals surface area contributed by atoms with E-state index in [0.29, 0.717) is 15.7 Å². The first-order valence-corrected chi connectivity index (χ1v) is 7.22. The van der Waals surface area contributed by atoms with Crippen molar-refractivity contribution >= 4 is 27.5 Å². The molecule has 19 heavy (non-hydrogen) atoms. The molecule has 104 valence electrons. The van der Waals surface area contributed by atoms with Gasteiger partial charge >= 0.3 is 0 Å². The van der Waals surface area contributed by atoms with Crippen LogP contribution in [0.1, 0.15) is 31.2 Å². The molecule has 0 spiro atoms. The van der Waals surface area contributed by atoms with E-state index >= 15 is 0 Å². The number of nitrogens with two attached hydrogens (primary N) is 1. The molecule has 0 atom stereocenters. The number of nitrogen functional groups attached to an aromatic ring is 1. The first-order chi connectivity index (χ1) is 8.99. The van der Waals surface area contributed by atoms with Gasteiger partial charge in [0.25, 0.3) is 5.56 Å². The molecule has 1 heterocycles. The molecule has 1 amide bonds. The van der Waals surface area contributed by atoms with E-state index in [0.717, 1.165) is 25.7 Å². The van der Waals surface area contributed by atoms with E-state index in [9.17, 15) is 9.59 Å². The number of carbonyl (C=O) groups excluding carboxylic acids is 1. The van der Waals surface area contributed by atoms with E-state index < -0.39 is 0 Å². The molecule has 0 saturated heterocycles. The number of carbonyl (C=O) groups is 1. The molecule has 0 aromatic carbocycles. The molecule has 1 aliphatic rings. The van der Waals surface area contributed by atoms with Crippen molar-refractivity contribution in [1.82, 2.24) is 9.88 Å². The topological polar surface area (TPSA) is 77.1 Å². The molecule has 0 aliphatic heterocycles. The van der Waals surface area contributed by atoms with E-state index in [1.54, 1.807) is 6.92 Å². The lowest BCUT2D eigenvalue weighted by molar-refractivity contribution is -0.122. The molecular weight excluding hydrogens is 310 g/mol. The van der Waals surface area contributed by atoms with Gasteiger partial charge in [0.2, 0.25) is 5.91 Å². The van der Waals surface area contributed by atoms with Gasteiger partial charge in [0.15, 0.2) is 0 Å². The van der Waals surface area contributed by atoms with Gasteiger partial charge in [-0.15, -0.1) is 0 Å². The van der Waals surface area contributed by atoms with Crippen molar-refractivity contribution in [3.05, 3.63) is 26.6 Å². The molecule has 3 N–H and O–H groups in total. The van der Waals surface area contributed by atoms with Gasteiger partial charge in [-0.25, -0.2) is 0 Å². The quantitative estimate of drug-likeness (QED) is 0.884. The van der Waals surface area contributed by atoms with E-state index in [2.05, 4.69) is 21.2 Å². The van der Waals surface area contributed by atoms with Gasteiger partial charge < -0.3 is 15.6 Å². The van der Waals surface area contributed by atoms with E-state index in [1.165, 1.54) is 10.8 Å². The molecule has 6 heteroatoms. The summed E-state index contributed by atoms with van der Waals surface area (Å²) in [4.78, 5) is 23.9. The van der Waals surface area contributed by atoms with Crippen molar-refractivity contribution < 1.29 is 4.79 Å². The Bertz CT molecular complexity index is 548. The maximum atomic E-state index is 12.0. The summed E-state index contributed by atoms with van der Waals surface area (Å²) in [6, 6.07) is 0.259. The number of anilines is 1. The largest absolute Gasteiger partial charge is 0.397 e. The van der Waals surface area contributed by atoms with Crippen LogP contribution >= 0.6 is 15.9 Å². The molecule has 1 aromatic heterocycles. The summed E-state index contributed by atoms with van der Waals surface area (Å²) >= 11 is 3.21. The molecule has 5 nitrogen and oxygen atoms in total. The van der Waals surface area contributed by atoms with Crippen molar-refractivity contribution in [2.24, 2.45) is 0 Å². The highest BCUT2D eigenvalue weighted by molar-refractivity contribution is 9.10. The Morgan fingerprint density at radius 2 is 2.16 bits per heavy atom. The highest BCUT2D eigenvalue weighted by atomic mass is 79.9. The number of amides is 1. The minimum Gasteiger partial charge on any atom is -0.397 e. The summed E-state index contributed by atoms with van der Waals surface area (Å²) in [5.41, 5.74) is 6.79. The summed E-state index contributed by atoms with van der Waals surface area (Å²) in [5.74, 6) is -0.135. The van der Waals surface area contributed by atoms with Gasteiger partial charge in [-0.1, -0.05) is 12.8 Å². The summed E-state index contributed by atoms with van der Waals surface area (Å²) in [6.45, 7) is 1.78. The van der Waals surface area contributed by atoms with Crippen molar-refractivity contribution in [3.8, 4) is 0 Å². The monoisotopic (exact) mass is 327 g/mol. The Labute approximate surface area is 120 Å². The van der Waals surface area contributed by atoms with Crippen molar-refractivity contribution in [2.45, 2.75) is 45.2 Å². The fourth-order valence-electron chi connectivity index (χ4n) is 2.35. The maximum Gasteiger partial charge on any atom is 0.265 e. The van der Waals surface area contributed by atoms with E-state index in [1.807, 2.05) is 0 Å². The maximum absolute atomic E-state index is 12.0. The zero-order chi connectivity index (χ0) is 14.0. The molecule has 0 bridgehead atoms. The molecule has 1 fully saturated rings. The summed E-state index contributed by atoms with van der Waals surface area (Å²) in [7, 11) is 0. The normalized spacial score (nSPS) is 15.7. The molecule has 1 aliphatic carbocycles. The number of pyridine rings is 1. The second-order valence-electron chi connectivity index (χ2n) is 5.01. The fourth-order valence-corrected chi connectivity index (χ4v) is 2.81. The Morgan fingerprint density at radius 1 is 1.53 bits per heavy atom. The third-order valence-corrected chi connectivity index (χ3v) is 4.47. The lowest BCUT2D eigenvalue weighted by Crippen LogP contribution is -2.37. The first kappa shape index (κ1) is 14.1. The number of nitrogens with one attached hydrogen (secondary N) is 1. The van der Waals surface area contributed by atoms with Crippen LogP contribution in [0, 0.1) is 6.92 Å². The minimum atomic E-state index is -0.228.